The number of nitrogens with one attached hydrogen (secondary N) is 1. The highest BCUT2D eigenvalue weighted by atomic mass is 32.1. The molecule has 2 heterocycles. The fourth-order valence-electron chi connectivity index (χ4n) is 4.15. The second kappa shape index (κ2) is 10.1. The van der Waals surface area contributed by atoms with E-state index in [4.69, 9.17) is 0 Å². The number of anilines is 2. The molecule has 0 fully saturated rings. The van der Waals surface area contributed by atoms with Gasteiger partial charge in [0.25, 0.3) is 0 Å². The van der Waals surface area contributed by atoms with Gasteiger partial charge in [-0.15, -0.1) is 11.3 Å². The molecule has 3 aromatic rings. The van der Waals surface area contributed by atoms with Crippen LogP contribution in [0.1, 0.15) is 27.8 Å². The molecule has 1 aromatic heterocycles. The topological polar surface area (TPSA) is 52.7 Å². The lowest BCUT2D eigenvalue weighted by molar-refractivity contribution is -0.117. The summed E-state index contributed by atoms with van der Waals surface area (Å²) in [7, 11) is 0. The molecule has 32 heavy (non-hydrogen) atoms. The van der Waals surface area contributed by atoms with Crippen molar-refractivity contribution in [3.8, 4) is 0 Å². The number of nitrogens with zero attached hydrogens (tertiary/aromatic N) is 2. The van der Waals surface area contributed by atoms with Crippen LogP contribution in [0.5, 0.6) is 0 Å². The first-order valence-electron chi connectivity index (χ1n) is 11.0. The molecule has 0 atom stereocenters. The summed E-state index contributed by atoms with van der Waals surface area (Å²) in [4.78, 5) is 31.2. The van der Waals surface area contributed by atoms with Crippen LogP contribution < -0.4 is 10.2 Å². The molecular formula is C26H29N3O2S. The average molecular weight is 448 g/mol. The molecule has 0 aliphatic carbocycles. The zero-order chi connectivity index (χ0) is 22.5. The minimum absolute atomic E-state index is 0.0206. The van der Waals surface area contributed by atoms with Gasteiger partial charge >= 0.3 is 0 Å². The van der Waals surface area contributed by atoms with Crippen LogP contribution in [0, 0.1) is 6.92 Å². The summed E-state index contributed by atoms with van der Waals surface area (Å²) in [6.45, 7) is 6.30. The number of fused-ring (bicyclic) bond motifs is 1. The average Bonchev–Trinajstić information content (AvgIpc) is 3.38. The Kier molecular flexibility index (Phi) is 7.02. The maximum Gasteiger partial charge on any atom is 0.238 e. The van der Waals surface area contributed by atoms with Crippen LogP contribution in [0.2, 0.25) is 0 Å². The van der Waals surface area contributed by atoms with Crippen LogP contribution in [0.15, 0.2) is 60.7 Å². The molecule has 2 aromatic carbocycles. The van der Waals surface area contributed by atoms with E-state index in [0.29, 0.717) is 13.1 Å². The molecule has 2 amide bonds. The molecule has 0 saturated heterocycles. The van der Waals surface area contributed by atoms with Crippen LogP contribution in [0.4, 0.5) is 11.4 Å². The number of hydrogen-bond acceptors (Lipinski definition) is 4. The summed E-state index contributed by atoms with van der Waals surface area (Å²) in [5.74, 6) is 0.0334. The Morgan fingerprint density at radius 1 is 1.09 bits per heavy atom. The van der Waals surface area contributed by atoms with Gasteiger partial charge in [-0.3, -0.25) is 14.5 Å². The zero-order valence-corrected chi connectivity index (χ0v) is 19.5. The minimum Gasteiger partial charge on any atom is -0.325 e. The largest absolute Gasteiger partial charge is 0.325 e. The number of thiophene rings is 1. The first-order chi connectivity index (χ1) is 15.5. The maximum absolute atomic E-state index is 12.9. The van der Waals surface area contributed by atoms with Crippen LogP contribution >= 0.6 is 11.3 Å². The fraction of sp³-hybridized carbons (Fsp3) is 0.308. The quantitative estimate of drug-likeness (QED) is 0.547. The highest BCUT2D eigenvalue weighted by Crippen LogP contribution is 2.30. The lowest BCUT2D eigenvalue weighted by Gasteiger charge is -2.21. The number of carbonyl (C=O) groups is 2. The molecule has 1 aliphatic heterocycles. The van der Waals surface area contributed by atoms with Gasteiger partial charge in [0.05, 0.1) is 6.54 Å². The summed E-state index contributed by atoms with van der Waals surface area (Å²) in [6.07, 6.45) is 1.72. The van der Waals surface area contributed by atoms with E-state index in [-0.39, 0.29) is 11.8 Å². The molecule has 5 nitrogen and oxygen atoms in total. The van der Waals surface area contributed by atoms with Gasteiger partial charge in [-0.05, 0) is 61.2 Å². The fourth-order valence-corrected chi connectivity index (χ4v) is 5.08. The van der Waals surface area contributed by atoms with Crippen molar-refractivity contribution < 1.29 is 9.59 Å². The van der Waals surface area contributed by atoms with E-state index < -0.39 is 0 Å². The zero-order valence-electron chi connectivity index (χ0n) is 18.6. The molecule has 166 valence electrons. The Morgan fingerprint density at radius 2 is 1.91 bits per heavy atom. The third kappa shape index (κ3) is 5.64. The number of rotatable bonds is 8. The lowest BCUT2D eigenvalue weighted by Crippen LogP contribution is -2.34. The number of carbonyl (C=O) groups excluding carboxylic acids is 2. The Bertz CT molecular complexity index is 1090. The second-order valence-corrected chi connectivity index (χ2v) is 9.64. The molecule has 4 rings (SSSR count). The number of benzene rings is 2. The maximum atomic E-state index is 12.9. The monoisotopic (exact) mass is 447 g/mol. The van der Waals surface area contributed by atoms with Gasteiger partial charge in [-0.25, -0.2) is 0 Å². The van der Waals surface area contributed by atoms with Gasteiger partial charge in [0.1, 0.15) is 0 Å². The number of amides is 2. The molecule has 0 bridgehead atoms. The Labute approximate surface area is 193 Å². The predicted octanol–water partition coefficient (Wildman–Crippen LogP) is 4.65. The van der Waals surface area contributed by atoms with Crippen LogP contribution in [-0.2, 0) is 29.0 Å². The number of hydrogen-bond donors (Lipinski definition) is 1. The summed E-state index contributed by atoms with van der Waals surface area (Å²) in [5, 5.41) is 3.05. The van der Waals surface area contributed by atoms with Crippen molar-refractivity contribution >= 4 is 34.5 Å². The van der Waals surface area contributed by atoms with Gasteiger partial charge in [0.2, 0.25) is 11.8 Å². The van der Waals surface area contributed by atoms with E-state index >= 15 is 0 Å². The highest BCUT2D eigenvalue weighted by Gasteiger charge is 2.22. The Hall–Kier alpha value is -2.96. The molecule has 1 aliphatic rings. The summed E-state index contributed by atoms with van der Waals surface area (Å²) < 4.78 is 0. The third-order valence-electron chi connectivity index (χ3n) is 5.74. The van der Waals surface area contributed by atoms with Crippen molar-refractivity contribution in [2.75, 3.05) is 29.9 Å². The summed E-state index contributed by atoms with van der Waals surface area (Å²) >= 11 is 1.78. The van der Waals surface area contributed by atoms with Crippen molar-refractivity contribution in [2.45, 2.75) is 33.2 Å². The smallest absolute Gasteiger partial charge is 0.238 e. The first-order valence-corrected chi connectivity index (χ1v) is 11.8. The standard InChI is InChI=1S/C26H29N3O2S/c1-19-8-10-24(32-19)17-28(14-12-21-6-4-3-5-7-21)18-26(31)27-23-9-11-25-22(16-23)13-15-29(25)20(2)30/h3-11,16H,12-15,17-18H2,1-2H3,(H,27,31). The van der Waals surface area contributed by atoms with E-state index in [0.717, 1.165) is 42.9 Å². The Balaban J connectivity index is 1.40. The van der Waals surface area contributed by atoms with Gasteiger partial charge in [0.15, 0.2) is 0 Å². The van der Waals surface area contributed by atoms with Gasteiger partial charge in [-0.2, -0.15) is 0 Å². The number of aryl methyl sites for hydroxylation is 1. The van der Waals surface area contributed by atoms with Crippen LogP contribution in [0.25, 0.3) is 0 Å². The van der Waals surface area contributed by atoms with Crippen molar-refractivity contribution in [1.29, 1.82) is 0 Å². The van der Waals surface area contributed by atoms with Crippen molar-refractivity contribution in [3.05, 3.63) is 81.5 Å². The predicted molar refractivity (Wildman–Crippen MR) is 131 cm³/mol. The minimum atomic E-state index is -0.0206. The summed E-state index contributed by atoms with van der Waals surface area (Å²) in [5.41, 5.74) is 4.11. The van der Waals surface area contributed by atoms with Crippen molar-refractivity contribution in [2.24, 2.45) is 0 Å². The van der Waals surface area contributed by atoms with E-state index in [9.17, 15) is 9.59 Å². The van der Waals surface area contributed by atoms with Crippen LogP contribution in [-0.4, -0.2) is 36.3 Å². The van der Waals surface area contributed by atoms with E-state index in [1.54, 1.807) is 23.2 Å². The van der Waals surface area contributed by atoms with Gasteiger partial charge < -0.3 is 10.2 Å². The van der Waals surface area contributed by atoms with Gasteiger partial charge in [-0.1, -0.05) is 30.3 Å². The highest BCUT2D eigenvalue weighted by molar-refractivity contribution is 7.11. The molecule has 0 spiro atoms. The van der Waals surface area contributed by atoms with E-state index in [2.05, 4.69) is 53.5 Å². The van der Waals surface area contributed by atoms with E-state index in [1.165, 1.54) is 15.3 Å². The van der Waals surface area contributed by atoms with Crippen molar-refractivity contribution in [3.63, 3.8) is 0 Å². The van der Waals surface area contributed by atoms with Crippen molar-refractivity contribution in [1.82, 2.24) is 4.90 Å². The molecule has 6 heteroatoms. The first kappa shape index (κ1) is 22.2. The van der Waals surface area contributed by atoms with Crippen LogP contribution in [0.3, 0.4) is 0 Å². The second-order valence-electron chi connectivity index (χ2n) is 8.27. The van der Waals surface area contributed by atoms with Gasteiger partial charge in [0, 0.05) is 47.7 Å². The lowest BCUT2D eigenvalue weighted by atomic mass is 10.1. The third-order valence-corrected chi connectivity index (χ3v) is 6.73. The molecule has 1 N–H and O–H groups in total. The molecule has 0 saturated carbocycles. The molecule has 0 radical (unpaired) electrons. The summed E-state index contributed by atoms with van der Waals surface area (Å²) in [6, 6.07) is 20.5. The molecule has 0 unspecified atom stereocenters. The normalized spacial score (nSPS) is 12.8. The SMILES string of the molecule is CC(=O)N1CCc2cc(NC(=O)CN(CCc3ccccc3)Cc3ccc(C)s3)ccc21. The van der Waals surface area contributed by atoms with E-state index in [1.807, 2.05) is 24.3 Å². The molecular weight excluding hydrogens is 418 g/mol. The Morgan fingerprint density at radius 3 is 2.62 bits per heavy atom.